The second-order valence-corrected chi connectivity index (χ2v) is 9.83. The van der Waals surface area contributed by atoms with Gasteiger partial charge in [-0.25, -0.2) is 0 Å². The van der Waals surface area contributed by atoms with Gasteiger partial charge >= 0.3 is 0 Å². The SMILES string of the molecule is CCCCCC1Cc2c(cc(O)c3c2OC(C)(C)C2=C3CC(C)CC2)C1C. The summed E-state index contributed by atoms with van der Waals surface area (Å²) in [4.78, 5) is 0. The van der Waals surface area contributed by atoms with Crippen LogP contribution in [0.1, 0.15) is 102 Å². The lowest BCUT2D eigenvalue weighted by molar-refractivity contribution is 0.133. The van der Waals surface area contributed by atoms with E-state index in [0.29, 0.717) is 23.5 Å². The summed E-state index contributed by atoms with van der Waals surface area (Å²) in [6, 6.07) is 2.07. The molecule has 148 valence electrons. The highest BCUT2D eigenvalue weighted by molar-refractivity contribution is 5.83. The molecule has 0 saturated heterocycles. The molecule has 0 aromatic heterocycles. The third-order valence-electron chi connectivity index (χ3n) is 7.43. The first-order valence-corrected chi connectivity index (χ1v) is 11.1. The second-order valence-electron chi connectivity index (χ2n) is 9.83. The summed E-state index contributed by atoms with van der Waals surface area (Å²) >= 11 is 0. The molecule has 2 heteroatoms. The number of rotatable bonds is 4. The van der Waals surface area contributed by atoms with Crippen LogP contribution in [0.5, 0.6) is 11.5 Å². The van der Waals surface area contributed by atoms with Crippen LogP contribution in [0.3, 0.4) is 0 Å². The Morgan fingerprint density at radius 1 is 1.19 bits per heavy atom. The van der Waals surface area contributed by atoms with Crippen molar-refractivity contribution in [2.75, 3.05) is 0 Å². The molecule has 0 saturated carbocycles. The summed E-state index contributed by atoms with van der Waals surface area (Å²) in [7, 11) is 0. The molecular weight excluding hydrogens is 332 g/mol. The molecule has 0 bridgehead atoms. The van der Waals surface area contributed by atoms with E-state index in [1.807, 2.05) is 0 Å². The molecule has 3 atom stereocenters. The Balaban J connectivity index is 1.77. The van der Waals surface area contributed by atoms with Gasteiger partial charge in [-0.05, 0) is 92.0 Å². The number of phenols is 1. The van der Waals surface area contributed by atoms with E-state index in [2.05, 4.69) is 40.7 Å². The van der Waals surface area contributed by atoms with E-state index in [9.17, 15) is 5.11 Å². The Morgan fingerprint density at radius 3 is 2.70 bits per heavy atom. The van der Waals surface area contributed by atoms with Crippen molar-refractivity contribution in [2.45, 2.75) is 97.5 Å². The van der Waals surface area contributed by atoms with E-state index in [-0.39, 0.29) is 5.60 Å². The van der Waals surface area contributed by atoms with Crippen molar-refractivity contribution >= 4 is 5.57 Å². The first-order chi connectivity index (χ1) is 12.8. The van der Waals surface area contributed by atoms with Crippen LogP contribution in [0.2, 0.25) is 0 Å². The van der Waals surface area contributed by atoms with Crippen molar-refractivity contribution in [1.29, 1.82) is 0 Å². The van der Waals surface area contributed by atoms with Crippen LogP contribution in [0.4, 0.5) is 0 Å². The van der Waals surface area contributed by atoms with Gasteiger partial charge in [0.1, 0.15) is 17.1 Å². The minimum Gasteiger partial charge on any atom is -0.507 e. The van der Waals surface area contributed by atoms with E-state index in [1.54, 1.807) is 0 Å². The molecule has 0 amide bonds. The molecule has 27 heavy (non-hydrogen) atoms. The summed E-state index contributed by atoms with van der Waals surface area (Å²) < 4.78 is 6.65. The third-order valence-corrected chi connectivity index (χ3v) is 7.43. The fourth-order valence-electron chi connectivity index (χ4n) is 5.78. The fraction of sp³-hybridized carbons (Fsp3) is 0.680. The van der Waals surface area contributed by atoms with Gasteiger partial charge in [0.2, 0.25) is 0 Å². The lowest BCUT2D eigenvalue weighted by Gasteiger charge is -2.41. The van der Waals surface area contributed by atoms with Gasteiger partial charge in [-0.3, -0.25) is 0 Å². The standard InChI is InChI=1S/C25H36O2/c1-6-7-8-9-17-13-19-18(16(17)3)14-22(26)23-20-12-15(2)10-11-21(20)25(4,5)27-24(19)23/h14-17,26H,6-13H2,1-5H3. The van der Waals surface area contributed by atoms with Crippen LogP contribution in [0.25, 0.3) is 5.57 Å². The highest BCUT2D eigenvalue weighted by Crippen LogP contribution is 2.56. The van der Waals surface area contributed by atoms with Crippen molar-refractivity contribution in [3.8, 4) is 11.5 Å². The summed E-state index contributed by atoms with van der Waals surface area (Å²) in [5.41, 5.74) is 6.27. The van der Waals surface area contributed by atoms with Crippen LogP contribution in [0, 0.1) is 11.8 Å². The number of benzene rings is 1. The molecule has 0 spiro atoms. The summed E-state index contributed by atoms with van der Waals surface area (Å²) in [6.45, 7) is 11.4. The molecule has 1 aromatic carbocycles. The number of ether oxygens (including phenoxy) is 1. The van der Waals surface area contributed by atoms with Gasteiger partial charge in [-0.15, -0.1) is 0 Å². The Morgan fingerprint density at radius 2 is 1.96 bits per heavy atom. The van der Waals surface area contributed by atoms with Crippen LogP contribution in [-0.2, 0) is 6.42 Å². The highest BCUT2D eigenvalue weighted by Gasteiger charge is 2.42. The number of aromatic hydroxyl groups is 1. The molecule has 0 fully saturated rings. The van der Waals surface area contributed by atoms with E-state index in [0.717, 1.165) is 30.6 Å². The maximum atomic E-state index is 11.0. The van der Waals surface area contributed by atoms with E-state index in [1.165, 1.54) is 54.4 Å². The quantitative estimate of drug-likeness (QED) is 0.580. The minimum absolute atomic E-state index is 0.256. The topological polar surface area (TPSA) is 29.5 Å². The molecule has 0 radical (unpaired) electrons. The monoisotopic (exact) mass is 368 g/mol. The van der Waals surface area contributed by atoms with Gasteiger partial charge < -0.3 is 9.84 Å². The van der Waals surface area contributed by atoms with Crippen molar-refractivity contribution < 1.29 is 9.84 Å². The summed E-state index contributed by atoms with van der Waals surface area (Å²) in [6.07, 6.45) is 9.68. The molecule has 1 aliphatic heterocycles. The van der Waals surface area contributed by atoms with Crippen LogP contribution < -0.4 is 4.74 Å². The first kappa shape index (κ1) is 18.9. The van der Waals surface area contributed by atoms with E-state index < -0.39 is 0 Å². The third kappa shape index (κ3) is 3.09. The zero-order valence-electron chi connectivity index (χ0n) is 17.8. The largest absolute Gasteiger partial charge is 0.507 e. The Hall–Kier alpha value is -1.44. The molecule has 1 aromatic rings. The van der Waals surface area contributed by atoms with Crippen molar-refractivity contribution in [3.63, 3.8) is 0 Å². The van der Waals surface area contributed by atoms with Crippen LogP contribution >= 0.6 is 0 Å². The Kier molecular flexibility index (Phi) is 4.81. The van der Waals surface area contributed by atoms with Crippen LogP contribution in [-0.4, -0.2) is 10.7 Å². The molecule has 3 aliphatic rings. The molecule has 1 N–H and O–H groups in total. The van der Waals surface area contributed by atoms with E-state index >= 15 is 0 Å². The molecule has 3 unspecified atom stereocenters. The average molecular weight is 369 g/mol. The lowest BCUT2D eigenvalue weighted by atomic mass is 9.74. The molecule has 4 rings (SSSR count). The van der Waals surface area contributed by atoms with Crippen molar-refractivity contribution in [2.24, 2.45) is 11.8 Å². The Labute approximate surface area is 165 Å². The average Bonchev–Trinajstić information content (AvgIpc) is 2.91. The number of hydrogen-bond donors (Lipinski definition) is 1. The Bertz CT molecular complexity index is 771. The number of hydrogen-bond acceptors (Lipinski definition) is 2. The fourth-order valence-corrected chi connectivity index (χ4v) is 5.78. The second kappa shape index (κ2) is 6.87. The number of phenolic OH excluding ortho intramolecular Hbond substituents is 1. The minimum atomic E-state index is -0.256. The molecule has 2 aliphatic carbocycles. The highest BCUT2D eigenvalue weighted by atomic mass is 16.5. The van der Waals surface area contributed by atoms with E-state index in [4.69, 9.17) is 4.74 Å². The predicted octanol–water partition coefficient (Wildman–Crippen LogP) is 6.99. The lowest BCUT2D eigenvalue weighted by Crippen LogP contribution is -2.37. The van der Waals surface area contributed by atoms with Crippen LogP contribution in [0.15, 0.2) is 11.6 Å². The normalized spacial score (nSPS) is 28.4. The van der Waals surface area contributed by atoms with Crippen molar-refractivity contribution in [1.82, 2.24) is 0 Å². The van der Waals surface area contributed by atoms with Gasteiger partial charge in [0.05, 0.1) is 5.56 Å². The zero-order chi connectivity index (χ0) is 19.3. The zero-order valence-corrected chi connectivity index (χ0v) is 17.8. The van der Waals surface area contributed by atoms with Crippen molar-refractivity contribution in [3.05, 3.63) is 28.3 Å². The summed E-state index contributed by atoms with van der Waals surface area (Å²) in [5, 5.41) is 11.0. The number of allylic oxidation sites excluding steroid dienone is 1. The first-order valence-electron chi connectivity index (χ1n) is 11.1. The molecular formula is C25H36O2. The number of unbranched alkanes of at least 4 members (excludes halogenated alkanes) is 2. The predicted molar refractivity (Wildman–Crippen MR) is 112 cm³/mol. The maximum Gasteiger partial charge on any atom is 0.135 e. The van der Waals surface area contributed by atoms with Gasteiger partial charge in [-0.1, -0.05) is 40.0 Å². The molecule has 2 nitrogen and oxygen atoms in total. The van der Waals surface area contributed by atoms with Gasteiger partial charge in [0, 0.05) is 0 Å². The smallest absolute Gasteiger partial charge is 0.135 e. The van der Waals surface area contributed by atoms with Gasteiger partial charge in [0.15, 0.2) is 0 Å². The maximum absolute atomic E-state index is 11.0. The number of fused-ring (bicyclic) bond motifs is 4. The molecule has 1 heterocycles. The van der Waals surface area contributed by atoms with Gasteiger partial charge in [-0.2, -0.15) is 0 Å². The van der Waals surface area contributed by atoms with Gasteiger partial charge in [0.25, 0.3) is 0 Å². The summed E-state index contributed by atoms with van der Waals surface area (Å²) in [5.74, 6) is 3.33.